The van der Waals surface area contributed by atoms with E-state index in [0.717, 1.165) is 43.1 Å². The van der Waals surface area contributed by atoms with Crippen LogP contribution in [0.4, 0.5) is 5.82 Å². The van der Waals surface area contributed by atoms with Gasteiger partial charge in [-0.2, -0.15) is 0 Å². The Balaban J connectivity index is 0.00000280. The zero-order valence-electron chi connectivity index (χ0n) is 16.4. The van der Waals surface area contributed by atoms with E-state index in [9.17, 15) is 0 Å². The highest BCUT2D eigenvalue weighted by molar-refractivity contribution is 5.85. The maximum absolute atomic E-state index is 4.31. The molecule has 2 aromatic carbocycles. The molecule has 0 bridgehead atoms. The van der Waals surface area contributed by atoms with Crippen LogP contribution in [0.5, 0.6) is 0 Å². The minimum Gasteiger partial charge on any atom is -0.369 e. The van der Waals surface area contributed by atoms with Crippen molar-refractivity contribution in [3.8, 4) is 11.3 Å². The maximum Gasteiger partial charge on any atom is 0.148 e. The van der Waals surface area contributed by atoms with Crippen molar-refractivity contribution in [3.63, 3.8) is 0 Å². The predicted molar refractivity (Wildman–Crippen MR) is 120 cm³/mol. The van der Waals surface area contributed by atoms with E-state index in [0.29, 0.717) is 0 Å². The Morgan fingerprint density at radius 2 is 1.50 bits per heavy atom. The SMILES string of the molecule is CN(CCCCCNc1ccc(-c2ccccc2)nn1)Cc1ccccc1.Cl. The largest absolute Gasteiger partial charge is 0.369 e. The third-order valence-corrected chi connectivity index (χ3v) is 4.55. The number of unbranched alkanes of at least 4 members (excludes halogenated alkanes) is 2. The molecule has 0 amide bonds. The minimum atomic E-state index is 0. The second-order valence-corrected chi connectivity index (χ2v) is 6.88. The Labute approximate surface area is 174 Å². The van der Waals surface area contributed by atoms with E-state index in [1.54, 1.807) is 0 Å². The van der Waals surface area contributed by atoms with Crippen LogP contribution in [0.2, 0.25) is 0 Å². The van der Waals surface area contributed by atoms with E-state index in [2.05, 4.69) is 57.8 Å². The predicted octanol–water partition coefficient (Wildman–Crippen LogP) is 5.28. The van der Waals surface area contributed by atoms with Gasteiger partial charge in [-0.05, 0) is 44.1 Å². The number of rotatable bonds is 10. The van der Waals surface area contributed by atoms with Crippen molar-refractivity contribution < 1.29 is 0 Å². The molecule has 1 aromatic heterocycles. The summed E-state index contributed by atoms with van der Waals surface area (Å²) in [6.45, 7) is 3.07. The molecule has 0 radical (unpaired) electrons. The van der Waals surface area contributed by atoms with Crippen LogP contribution in [0.3, 0.4) is 0 Å². The van der Waals surface area contributed by atoms with Crippen LogP contribution in [0, 0.1) is 0 Å². The molecular weight excluding hydrogens is 368 g/mol. The highest BCUT2D eigenvalue weighted by Crippen LogP contribution is 2.16. The second kappa shape index (κ2) is 12.1. The number of halogens is 1. The topological polar surface area (TPSA) is 41.0 Å². The van der Waals surface area contributed by atoms with E-state index in [-0.39, 0.29) is 12.4 Å². The second-order valence-electron chi connectivity index (χ2n) is 6.88. The van der Waals surface area contributed by atoms with Crippen LogP contribution in [-0.4, -0.2) is 35.2 Å². The number of hydrogen-bond acceptors (Lipinski definition) is 4. The number of hydrogen-bond donors (Lipinski definition) is 1. The molecule has 0 saturated carbocycles. The van der Waals surface area contributed by atoms with Gasteiger partial charge in [0.2, 0.25) is 0 Å². The van der Waals surface area contributed by atoms with E-state index in [4.69, 9.17) is 0 Å². The molecule has 0 saturated heterocycles. The zero-order chi connectivity index (χ0) is 18.7. The summed E-state index contributed by atoms with van der Waals surface area (Å²) >= 11 is 0. The molecular formula is C23H29ClN4. The van der Waals surface area contributed by atoms with Crippen molar-refractivity contribution in [1.82, 2.24) is 15.1 Å². The van der Waals surface area contributed by atoms with Gasteiger partial charge < -0.3 is 10.2 Å². The molecule has 148 valence electrons. The highest BCUT2D eigenvalue weighted by atomic mass is 35.5. The molecule has 0 unspecified atom stereocenters. The summed E-state index contributed by atoms with van der Waals surface area (Å²) in [6.07, 6.45) is 3.56. The molecule has 0 aliphatic carbocycles. The molecule has 3 aromatic rings. The van der Waals surface area contributed by atoms with E-state index in [1.165, 1.54) is 18.4 Å². The molecule has 1 N–H and O–H groups in total. The van der Waals surface area contributed by atoms with Gasteiger partial charge >= 0.3 is 0 Å². The zero-order valence-corrected chi connectivity index (χ0v) is 17.2. The van der Waals surface area contributed by atoms with Crippen LogP contribution >= 0.6 is 12.4 Å². The van der Waals surface area contributed by atoms with Crippen LogP contribution < -0.4 is 5.32 Å². The van der Waals surface area contributed by atoms with E-state index < -0.39 is 0 Å². The summed E-state index contributed by atoms with van der Waals surface area (Å²) in [6, 6.07) is 24.8. The monoisotopic (exact) mass is 396 g/mol. The number of nitrogens with one attached hydrogen (secondary N) is 1. The first-order chi connectivity index (χ1) is 13.3. The minimum absolute atomic E-state index is 0. The number of anilines is 1. The lowest BCUT2D eigenvalue weighted by atomic mass is 10.1. The summed E-state index contributed by atoms with van der Waals surface area (Å²) in [5.74, 6) is 0.843. The third kappa shape index (κ3) is 7.29. The average molecular weight is 397 g/mol. The molecule has 28 heavy (non-hydrogen) atoms. The van der Waals surface area contributed by atoms with Crippen molar-refractivity contribution in [2.45, 2.75) is 25.8 Å². The average Bonchev–Trinajstić information content (AvgIpc) is 2.72. The van der Waals surface area contributed by atoms with Crippen LogP contribution in [0.1, 0.15) is 24.8 Å². The first kappa shape index (κ1) is 21.9. The molecule has 5 heteroatoms. The fourth-order valence-corrected chi connectivity index (χ4v) is 3.06. The normalized spacial score (nSPS) is 10.5. The number of nitrogens with zero attached hydrogens (tertiary/aromatic N) is 3. The lowest BCUT2D eigenvalue weighted by Crippen LogP contribution is -2.19. The maximum atomic E-state index is 4.31. The smallest absolute Gasteiger partial charge is 0.148 e. The Morgan fingerprint density at radius 1 is 0.786 bits per heavy atom. The van der Waals surface area contributed by atoms with Crippen LogP contribution in [-0.2, 0) is 6.54 Å². The molecule has 0 aliphatic rings. The van der Waals surface area contributed by atoms with Gasteiger partial charge in [0.05, 0.1) is 5.69 Å². The summed E-state index contributed by atoms with van der Waals surface area (Å²) in [4.78, 5) is 2.39. The molecule has 0 atom stereocenters. The lowest BCUT2D eigenvalue weighted by molar-refractivity contribution is 0.318. The standard InChI is InChI=1S/C23H28N4.ClH/c1-27(19-20-11-5-2-6-12-20)18-10-4-9-17-24-23-16-15-22(25-26-23)21-13-7-3-8-14-21;/h2-3,5-8,11-16H,4,9-10,17-19H2,1H3,(H,24,26);1H. The first-order valence-electron chi connectivity index (χ1n) is 9.67. The number of benzene rings is 2. The van der Waals surface area contributed by atoms with Gasteiger partial charge in [-0.15, -0.1) is 22.6 Å². The van der Waals surface area contributed by atoms with Gasteiger partial charge in [0.1, 0.15) is 5.82 Å². The molecule has 4 nitrogen and oxygen atoms in total. The summed E-state index contributed by atoms with van der Waals surface area (Å²) in [5, 5.41) is 12.0. The summed E-state index contributed by atoms with van der Waals surface area (Å²) in [7, 11) is 2.19. The Kier molecular flexibility index (Phi) is 9.46. The summed E-state index contributed by atoms with van der Waals surface area (Å²) < 4.78 is 0. The Bertz CT molecular complexity index is 779. The van der Waals surface area contributed by atoms with Gasteiger partial charge in [0.15, 0.2) is 0 Å². The van der Waals surface area contributed by atoms with Crippen molar-refractivity contribution in [3.05, 3.63) is 78.4 Å². The lowest BCUT2D eigenvalue weighted by Gasteiger charge is -2.16. The fourth-order valence-electron chi connectivity index (χ4n) is 3.06. The van der Waals surface area contributed by atoms with Gasteiger partial charge in [-0.1, -0.05) is 67.1 Å². The van der Waals surface area contributed by atoms with Crippen LogP contribution in [0.15, 0.2) is 72.8 Å². The van der Waals surface area contributed by atoms with Gasteiger partial charge in [0, 0.05) is 18.7 Å². The van der Waals surface area contributed by atoms with Crippen molar-refractivity contribution in [1.29, 1.82) is 0 Å². The van der Waals surface area contributed by atoms with Gasteiger partial charge in [-0.25, -0.2) is 0 Å². The van der Waals surface area contributed by atoms with E-state index >= 15 is 0 Å². The van der Waals surface area contributed by atoms with Gasteiger partial charge in [-0.3, -0.25) is 0 Å². The molecule has 3 rings (SSSR count). The molecule has 0 spiro atoms. The summed E-state index contributed by atoms with van der Waals surface area (Å²) in [5.41, 5.74) is 3.37. The van der Waals surface area contributed by atoms with Crippen molar-refractivity contribution in [2.75, 3.05) is 25.5 Å². The fraction of sp³-hybridized carbons (Fsp3) is 0.304. The number of aromatic nitrogens is 2. The molecule has 0 aliphatic heterocycles. The molecule has 0 fully saturated rings. The Morgan fingerprint density at radius 3 is 2.18 bits per heavy atom. The van der Waals surface area contributed by atoms with Crippen molar-refractivity contribution >= 4 is 18.2 Å². The van der Waals surface area contributed by atoms with E-state index in [1.807, 2.05) is 42.5 Å². The quantitative estimate of drug-likeness (QED) is 0.473. The van der Waals surface area contributed by atoms with Crippen LogP contribution in [0.25, 0.3) is 11.3 Å². The molecule has 1 heterocycles. The van der Waals surface area contributed by atoms with Gasteiger partial charge in [0.25, 0.3) is 0 Å². The first-order valence-corrected chi connectivity index (χ1v) is 9.67. The van der Waals surface area contributed by atoms with Crippen molar-refractivity contribution in [2.24, 2.45) is 0 Å². The third-order valence-electron chi connectivity index (χ3n) is 4.55. The Hall–Kier alpha value is -2.43. The highest BCUT2D eigenvalue weighted by Gasteiger charge is 2.01.